The molecule has 21 heavy (non-hydrogen) atoms. The second-order valence-electron chi connectivity index (χ2n) is 4.64. The predicted octanol–water partition coefficient (Wildman–Crippen LogP) is 1.94. The van der Waals surface area contributed by atoms with Crippen molar-refractivity contribution in [2.75, 3.05) is 19.8 Å². The van der Waals surface area contributed by atoms with E-state index in [2.05, 4.69) is 15.9 Å². The molecule has 1 atom stereocenters. The van der Waals surface area contributed by atoms with Gasteiger partial charge in [0.1, 0.15) is 4.90 Å². The molecule has 1 fully saturated rings. The summed E-state index contributed by atoms with van der Waals surface area (Å²) in [6.45, 7) is 1.39. The molecule has 6 nitrogen and oxygen atoms in total. The van der Waals surface area contributed by atoms with E-state index < -0.39 is 16.0 Å². The number of rotatable bonds is 4. The van der Waals surface area contributed by atoms with Crippen LogP contribution in [0.1, 0.15) is 16.8 Å². The van der Waals surface area contributed by atoms with E-state index in [4.69, 9.17) is 26.2 Å². The zero-order valence-corrected chi connectivity index (χ0v) is 14.0. The lowest BCUT2D eigenvalue weighted by atomic mass is 10.1. The highest BCUT2D eigenvalue weighted by atomic mass is 79.9. The maximum atomic E-state index is 12.0. The molecule has 1 aromatic carbocycles. The molecule has 2 rings (SSSR count). The van der Waals surface area contributed by atoms with E-state index in [-0.39, 0.29) is 28.0 Å². The molecule has 9 heteroatoms. The summed E-state index contributed by atoms with van der Waals surface area (Å²) in [4.78, 5) is 11.7. The number of hydrogen-bond acceptors (Lipinski definition) is 5. The van der Waals surface area contributed by atoms with Gasteiger partial charge in [-0.1, -0.05) is 27.5 Å². The largest absolute Gasteiger partial charge is 0.462 e. The second-order valence-corrected chi connectivity index (χ2v) is 7.46. The lowest BCUT2D eigenvalue weighted by Crippen LogP contribution is -2.17. The Morgan fingerprint density at radius 3 is 2.81 bits per heavy atom. The van der Waals surface area contributed by atoms with Gasteiger partial charge in [0.2, 0.25) is 10.0 Å². The Morgan fingerprint density at radius 1 is 1.52 bits per heavy atom. The Kier molecular flexibility index (Phi) is 5.26. The van der Waals surface area contributed by atoms with E-state index >= 15 is 0 Å². The van der Waals surface area contributed by atoms with Crippen LogP contribution in [-0.4, -0.2) is 34.2 Å². The van der Waals surface area contributed by atoms with Crippen LogP contribution in [0, 0.1) is 5.92 Å². The van der Waals surface area contributed by atoms with E-state index in [0.717, 1.165) is 6.42 Å². The van der Waals surface area contributed by atoms with Gasteiger partial charge >= 0.3 is 5.97 Å². The monoisotopic (exact) mass is 397 g/mol. The number of ether oxygens (including phenoxy) is 2. The zero-order valence-electron chi connectivity index (χ0n) is 10.8. The highest BCUT2D eigenvalue weighted by Gasteiger charge is 2.23. The molecule has 1 heterocycles. The molecular formula is C12H13BrClNO5S. The topological polar surface area (TPSA) is 95.7 Å². The molecule has 1 aromatic rings. The third kappa shape index (κ3) is 4.17. The van der Waals surface area contributed by atoms with Crippen LogP contribution in [0.15, 0.2) is 21.5 Å². The molecule has 1 saturated heterocycles. The van der Waals surface area contributed by atoms with Crippen LogP contribution in [-0.2, 0) is 19.5 Å². The first kappa shape index (κ1) is 16.7. The molecule has 0 aromatic heterocycles. The molecule has 0 spiro atoms. The number of primary sulfonamides is 1. The van der Waals surface area contributed by atoms with Crippen molar-refractivity contribution in [3.63, 3.8) is 0 Å². The Balaban J connectivity index is 2.22. The van der Waals surface area contributed by atoms with Crippen molar-refractivity contribution in [1.29, 1.82) is 0 Å². The number of hydrogen-bond donors (Lipinski definition) is 1. The molecule has 1 aliphatic heterocycles. The highest BCUT2D eigenvalue weighted by Crippen LogP contribution is 2.29. The van der Waals surface area contributed by atoms with Crippen LogP contribution in [0.5, 0.6) is 0 Å². The SMILES string of the molecule is NS(=O)(=O)c1cc(Br)cc(C(=O)OCC2CCOC2)c1Cl. The summed E-state index contributed by atoms with van der Waals surface area (Å²) in [6.07, 6.45) is 0.821. The molecular weight excluding hydrogens is 386 g/mol. The van der Waals surface area contributed by atoms with Crippen LogP contribution >= 0.6 is 27.5 Å². The molecule has 1 unspecified atom stereocenters. The molecule has 0 bridgehead atoms. The van der Waals surface area contributed by atoms with Crippen molar-refractivity contribution in [2.24, 2.45) is 11.1 Å². The minimum Gasteiger partial charge on any atom is -0.462 e. The fourth-order valence-electron chi connectivity index (χ4n) is 1.91. The van der Waals surface area contributed by atoms with Gasteiger partial charge in [0.25, 0.3) is 0 Å². The van der Waals surface area contributed by atoms with Crippen LogP contribution in [0.2, 0.25) is 5.02 Å². The van der Waals surface area contributed by atoms with Gasteiger partial charge in [-0.25, -0.2) is 18.4 Å². The molecule has 0 radical (unpaired) electrons. The summed E-state index contributed by atoms with van der Waals surface area (Å²) in [5, 5.41) is 4.83. The summed E-state index contributed by atoms with van der Waals surface area (Å²) >= 11 is 9.07. The summed E-state index contributed by atoms with van der Waals surface area (Å²) in [7, 11) is -4.03. The van der Waals surface area contributed by atoms with E-state index in [9.17, 15) is 13.2 Å². The van der Waals surface area contributed by atoms with Crippen molar-refractivity contribution < 1.29 is 22.7 Å². The normalized spacial score (nSPS) is 18.7. The van der Waals surface area contributed by atoms with Gasteiger partial charge in [-0.05, 0) is 18.6 Å². The number of carbonyl (C=O) groups is 1. The van der Waals surface area contributed by atoms with Crippen LogP contribution in [0.4, 0.5) is 0 Å². The maximum absolute atomic E-state index is 12.0. The average molecular weight is 399 g/mol. The molecule has 0 saturated carbocycles. The lowest BCUT2D eigenvalue weighted by molar-refractivity contribution is 0.0428. The number of sulfonamides is 1. The highest BCUT2D eigenvalue weighted by molar-refractivity contribution is 9.10. The molecule has 0 amide bonds. The Bertz CT molecular complexity index is 658. The summed E-state index contributed by atoms with van der Waals surface area (Å²) in [5.74, 6) is -0.546. The zero-order chi connectivity index (χ0) is 15.6. The first-order chi connectivity index (χ1) is 9.79. The van der Waals surface area contributed by atoms with Crippen molar-refractivity contribution in [1.82, 2.24) is 0 Å². The summed E-state index contributed by atoms with van der Waals surface area (Å²) in [5.41, 5.74) is -0.0472. The third-order valence-corrected chi connectivity index (χ3v) is 4.92. The van der Waals surface area contributed by atoms with Gasteiger partial charge < -0.3 is 9.47 Å². The molecule has 2 N–H and O–H groups in total. The van der Waals surface area contributed by atoms with Gasteiger partial charge in [0.05, 0.1) is 23.8 Å². The first-order valence-corrected chi connectivity index (χ1v) is 8.77. The third-order valence-electron chi connectivity index (χ3n) is 3.00. The average Bonchev–Trinajstić information content (AvgIpc) is 2.90. The number of nitrogens with two attached hydrogens (primary N) is 1. The van der Waals surface area contributed by atoms with Crippen LogP contribution in [0.3, 0.4) is 0 Å². The fraction of sp³-hybridized carbons (Fsp3) is 0.417. The Hall–Kier alpha value is -0.670. The minimum atomic E-state index is -4.03. The van der Waals surface area contributed by atoms with Crippen LogP contribution in [0.25, 0.3) is 0 Å². The maximum Gasteiger partial charge on any atom is 0.339 e. The van der Waals surface area contributed by atoms with E-state index in [1.807, 2.05) is 0 Å². The smallest absolute Gasteiger partial charge is 0.339 e. The molecule has 1 aliphatic rings. The van der Waals surface area contributed by atoms with Gasteiger partial charge in [-0.3, -0.25) is 0 Å². The number of esters is 1. The standard InChI is InChI=1S/C12H13BrClNO5S/c13-8-3-9(11(14)10(4-8)21(15,17)18)12(16)20-6-7-1-2-19-5-7/h3-4,7H,1-2,5-6H2,(H2,15,17,18). The second kappa shape index (κ2) is 6.62. The van der Waals surface area contributed by atoms with E-state index in [1.54, 1.807) is 0 Å². The summed E-state index contributed by atoms with van der Waals surface area (Å²) in [6, 6.07) is 2.63. The minimum absolute atomic E-state index is 0.0472. The van der Waals surface area contributed by atoms with Crippen LogP contribution < -0.4 is 5.14 Å². The van der Waals surface area contributed by atoms with Gasteiger partial charge in [0.15, 0.2) is 0 Å². The van der Waals surface area contributed by atoms with Gasteiger partial charge in [0, 0.05) is 17.0 Å². The quantitative estimate of drug-likeness (QED) is 0.782. The fourth-order valence-corrected chi connectivity index (χ4v) is 3.68. The number of benzene rings is 1. The van der Waals surface area contributed by atoms with Crippen molar-refractivity contribution in [2.45, 2.75) is 11.3 Å². The molecule has 116 valence electrons. The number of carbonyl (C=O) groups excluding carboxylic acids is 1. The van der Waals surface area contributed by atoms with Gasteiger partial charge in [-0.2, -0.15) is 0 Å². The first-order valence-electron chi connectivity index (χ1n) is 6.05. The van der Waals surface area contributed by atoms with E-state index in [0.29, 0.717) is 17.7 Å². The van der Waals surface area contributed by atoms with Gasteiger partial charge in [-0.15, -0.1) is 0 Å². The van der Waals surface area contributed by atoms with Crippen molar-refractivity contribution >= 4 is 43.5 Å². The van der Waals surface area contributed by atoms with Crippen molar-refractivity contribution in [3.8, 4) is 0 Å². The lowest BCUT2D eigenvalue weighted by Gasteiger charge is -2.11. The Morgan fingerprint density at radius 2 is 2.24 bits per heavy atom. The van der Waals surface area contributed by atoms with E-state index in [1.165, 1.54) is 12.1 Å². The number of halogens is 2. The predicted molar refractivity (Wildman–Crippen MR) is 79.7 cm³/mol. The summed E-state index contributed by atoms with van der Waals surface area (Å²) < 4.78 is 33.6. The molecule has 0 aliphatic carbocycles. The Labute approximate surface area is 135 Å². The van der Waals surface area contributed by atoms with Crippen molar-refractivity contribution in [3.05, 3.63) is 27.2 Å².